The highest BCUT2D eigenvalue weighted by Crippen LogP contribution is 2.22. The van der Waals surface area contributed by atoms with Gasteiger partial charge in [-0.25, -0.2) is 5.43 Å². The zero-order chi connectivity index (χ0) is 17.6. The van der Waals surface area contributed by atoms with Gasteiger partial charge in [-0.1, -0.05) is 15.9 Å². The Balaban J connectivity index is 1.71. The first-order valence-electron chi connectivity index (χ1n) is 7.44. The van der Waals surface area contributed by atoms with Crippen molar-refractivity contribution in [3.63, 3.8) is 0 Å². The van der Waals surface area contributed by atoms with Crippen molar-refractivity contribution in [1.29, 1.82) is 0 Å². The second kappa shape index (κ2) is 7.76. The monoisotopic (exact) mass is 398 g/mol. The van der Waals surface area contributed by atoms with Gasteiger partial charge in [-0.3, -0.25) is 9.89 Å². The van der Waals surface area contributed by atoms with Crippen LogP contribution in [0, 0.1) is 0 Å². The Morgan fingerprint density at radius 3 is 2.60 bits per heavy atom. The summed E-state index contributed by atoms with van der Waals surface area (Å²) in [6, 6.07) is 14.6. The molecule has 0 saturated heterocycles. The Hall–Kier alpha value is -2.93. The number of hydrogen-bond acceptors (Lipinski definition) is 4. The number of ether oxygens (including phenoxy) is 1. The van der Waals surface area contributed by atoms with Crippen LogP contribution in [-0.4, -0.2) is 29.4 Å². The van der Waals surface area contributed by atoms with Gasteiger partial charge in [0.1, 0.15) is 5.75 Å². The van der Waals surface area contributed by atoms with Crippen molar-refractivity contribution in [2.75, 3.05) is 7.11 Å². The number of benzene rings is 2. The molecule has 2 N–H and O–H groups in total. The van der Waals surface area contributed by atoms with Gasteiger partial charge < -0.3 is 4.74 Å². The third-order valence-electron chi connectivity index (χ3n) is 3.52. The van der Waals surface area contributed by atoms with Gasteiger partial charge >= 0.3 is 0 Å². The first kappa shape index (κ1) is 16.9. The van der Waals surface area contributed by atoms with Crippen molar-refractivity contribution < 1.29 is 9.53 Å². The van der Waals surface area contributed by atoms with Gasteiger partial charge in [0.25, 0.3) is 5.91 Å². The molecule has 0 fully saturated rings. The molecule has 0 radical (unpaired) electrons. The summed E-state index contributed by atoms with van der Waals surface area (Å²) >= 11 is 3.33. The van der Waals surface area contributed by atoms with Crippen LogP contribution < -0.4 is 10.2 Å². The molecule has 1 aromatic heterocycles. The SMILES string of the molecule is COc1ccc(-c2[nH]ncc2C=NNC(=O)c2ccc(Br)cc2)cc1. The van der Waals surface area contributed by atoms with Gasteiger partial charge in [0, 0.05) is 21.2 Å². The molecule has 6 nitrogen and oxygen atoms in total. The van der Waals surface area contributed by atoms with E-state index < -0.39 is 0 Å². The Labute approximate surface area is 153 Å². The molecule has 0 spiro atoms. The Bertz CT molecular complexity index is 886. The summed E-state index contributed by atoms with van der Waals surface area (Å²) in [5, 5.41) is 11.0. The molecule has 3 aromatic rings. The third kappa shape index (κ3) is 4.13. The van der Waals surface area contributed by atoms with Gasteiger partial charge in [-0.2, -0.15) is 10.2 Å². The molecule has 0 unspecified atom stereocenters. The van der Waals surface area contributed by atoms with Gasteiger partial charge in [-0.15, -0.1) is 0 Å². The number of aromatic amines is 1. The van der Waals surface area contributed by atoms with Gasteiger partial charge in [0.2, 0.25) is 0 Å². The molecule has 0 atom stereocenters. The minimum Gasteiger partial charge on any atom is -0.497 e. The maximum atomic E-state index is 12.0. The minimum absolute atomic E-state index is 0.279. The van der Waals surface area contributed by atoms with Gasteiger partial charge in [-0.05, 0) is 48.5 Å². The molecule has 1 heterocycles. The highest BCUT2D eigenvalue weighted by molar-refractivity contribution is 9.10. The lowest BCUT2D eigenvalue weighted by Gasteiger charge is -2.03. The maximum absolute atomic E-state index is 12.0. The summed E-state index contributed by atoms with van der Waals surface area (Å²) in [4.78, 5) is 12.0. The number of methoxy groups -OCH3 is 1. The number of nitrogens with one attached hydrogen (secondary N) is 2. The lowest BCUT2D eigenvalue weighted by Crippen LogP contribution is -2.17. The molecule has 3 rings (SSSR count). The van der Waals surface area contributed by atoms with Crippen molar-refractivity contribution in [3.8, 4) is 17.0 Å². The third-order valence-corrected chi connectivity index (χ3v) is 4.05. The van der Waals surface area contributed by atoms with E-state index >= 15 is 0 Å². The number of hydrogen-bond donors (Lipinski definition) is 2. The first-order valence-corrected chi connectivity index (χ1v) is 8.23. The van der Waals surface area contributed by atoms with E-state index in [1.165, 1.54) is 0 Å². The normalized spacial score (nSPS) is 10.8. The molecule has 0 aliphatic heterocycles. The predicted octanol–water partition coefficient (Wildman–Crippen LogP) is 3.61. The second-order valence-electron chi connectivity index (χ2n) is 5.13. The molecular formula is C18H15BrN4O2. The number of nitrogens with zero attached hydrogens (tertiary/aromatic N) is 2. The maximum Gasteiger partial charge on any atom is 0.271 e. The van der Waals surface area contributed by atoms with E-state index in [2.05, 4.69) is 36.7 Å². The number of carbonyl (C=O) groups excluding carboxylic acids is 1. The number of H-pyrrole nitrogens is 1. The summed E-state index contributed by atoms with van der Waals surface area (Å²) in [5.74, 6) is 0.499. The summed E-state index contributed by atoms with van der Waals surface area (Å²) in [6.07, 6.45) is 3.20. The Morgan fingerprint density at radius 2 is 1.92 bits per heavy atom. The topological polar surface area (TPSA) is 79.4 Å². The number of aromatic nitrogens is 2. The van der Waals surface area contributed by atoms with E-state index in [9.17, 15) is 4.79 Å². The van der Waals surface area contributed by atoms with Crippen molar-refractivity contribution in [1.82, 2.24) is 15.6 Å². The average Bonchev–Trinajstić information content (AvgIpc) is 3.11. The number of hydrazone groups is 1. The molecule has 0 bridgehead atoms. The zero-order valence-electron chi connectivity index (χ0n) is 13.4. The molecule has 1 amide bonds. The van der Waals surface area contributed by atoms with Crippen LogP contribution in [0.4, 0.5) is 0 Å². The molecule has 0 saturated carbocycles. The number of amides is 1. The van der Waals surface area contributed by atoms with Crippen LogP contribution in [0.15, 0.2) is 64.3 Å². The zero-order valence-corrected chi connectivity index (χ0v) is 14.9. The smallest absolute Gasteiger partial charge is 0.271 e. The van der Waals surface area contributed by atoms with Crippen molar-refractivity contribution >= 4 is 28.1 Å². The van der Waals surface area contributed by atoms with E-state index in [-0.39, 0.29) is 5.91 Å². The largest absolute Gasteiger partial charge is 0.497 e. The molecular weight excluding hydrogens is 384 g/mol. The highest BCUT2D eigenvalue weighted by atomic mass is 79.9. The van der Waals surface area contributed by atoms with Crippen LogP contribution in [0.25, 0.3) is 11.3 Å². The number of carbonyl (C=O) groups is 1. The van der Waals surface area contributed by atoms with Crippen LogP contribution in [0.3, 0.4) is 0 Å². The Kier molecular flexibility index (Phi) is 5.25. The fourth-order valence-electron chi connectivity index (χ4n) is 2.21. The summed E-state index contributed by atoms with van der Waals surface area (Å²) in [5.41, 5.74) is 5.56. The molecule has 25 heavy (non-hydrogen) atoms. The fraction of sp³-hybridized carbons (Fsp3) is 0.0556. The van der Waals surface area contributed by atoms with E-state index in [1.807, 2.05) is 24.3 Å². The molecule has 0 aliphatic rings. The van der Waals surface area contributed by atoms with Crippen LogP contribution in [0.2, 0.25) is 0 Å². The minimum atomic E-state index is -0.279. The number of rotatable bonds is 5. The molecule has 2 aromatic carbocycles. The highest BCUT2D eigenvalue weighted by Gasteiger charge is 2.07. The van der Waals surface area contributed by atoms with E-state index in [0.29, 0.717) is 5.56 Å². The molecule has 126 valence electrons. The van der Waals surface area contributed by atoms with Crippen molar-refractivity contribution in [2.45, 2.75) is 0 Å². The predicted molar refractivity (Wildman–Crippen MR) is 99.8 cm³/mol. The molecule has 0 aliphatic carbocycles. The van der Waals surface area contributed by atoms with Gasteiger partial charge in [0.05, 0.1) is 25.2 Å². The lowest BCUT2D eigenvalue weighted by molar-refractivity contribution is 0.0955. The van der Waals surface area contributed by atoms with E-state index in [4.69, 9.17) is 4.74 Å². The molecule has 7 heteroatoms. The Morgan fingerprint density at radius 1 is 1.20 bits per heavy atom. The summed E-state index contributed by atoms with van der Waals surface area (Å²) in [6.45, 7) is 0. The van der Waals surface area contributed by atoms with E-state index in [1.54, 1.807) is 43.8 Å². The standard InChI is InChI=1S/C18H15BrN4O2/c1-25-16-8-4-12(5-9-16)17-14(10-20-22-17)11-21-23-18(24)13-2-6-15(19)7-3-13/h2-11H,1H3,(H,20,22)(H,23,24). The first-order chi connectivity index (χ1) is 12.2. The van der Waals surface area contributed by atoms with E-state index in [0.717, 1.165) is 27.0 Å². The van der Waals surface area contributed by atoms with Crippen molar-refractivity contribution in [3.05, 3.63) is 70.3 Å². The number of halogens is 1. The summed E-state index contributed by atoms with van der Waals surface area (Å²) in [7, 11) is 1.62. The van der Waals surface area contributed by atoms with Crippen LogP contribution in [0.5, 0.6) is 5.75 Å². The quantitative estimate of drug-likeness (QED) is 0.508. The lowest BCUT2D eigenvalue weighted by atomic mass is 10.1. The summed E-state index contributed by atoms with van der Waals surface area (Å²) < 4.78 is 6.07. The van der Waals surface area contributed by atoms with Gasteiger partial charge in [0.15, 0.2) is 0 Å². The van der Waals surface area contributed by atoms with Crippen LogP contribution in [0.1, 0.15) is 15.9 Å². The van der Waals surface area contributed by atoms with Crippen LogP contribution in [-0.2, 0) is 0 Å². The van der Waals surface area contributed by atoms with Crippen molar-refractivity contribution in [2.24, 2.45) is 5.10 Å². The van der Waals surface area contributed by atoms with Crippen LogP contribution >= 0.6 is 15.9 Å². The average molecular weight is 399 g/mol. The fourth-order valence-corrected chi connectivity index (χ4v) is 2.47. The second-order valence-corrected chi connectivity index (χ2v) is 6.05.